The molecule has 7 aliphatic rings. The molecule has 6 aliphatic heterocycles. The Hall–Kier alpha value is -7.99. The number of carbonyl (C=O) groups is 8. The number of Topliss-reactive ketones (excluding diaryl/α,β-unsaturated/α-hetero) is 4. The molecule has 4 amide bonds. The molecule has 103 heavy (non-hydrogen) atoms. The quantitative estimate of drug-likeness (QED) is 0.0330. The lowest BCUT2D eigenvalue weighted by Crippen LogP contribution is -2.36. The fourth-order valence-electron chi connectivity index (χ4n) is 13.1. The lowest BCUT2D eigenvalue weighted by molar-refractivity contribution is -0.133. The molecule has 27 heteroatoms. The van der Waals surface area contributed by atoms with Gasteiger partial charge in [-0.25, -0.2) is 4.39 Å². The number of hydrogen-bond donors (Lipinski definition) is 8. The zero-order chi connectivity index (χ0) is 73.9. The van der Waals surface area contributed by atoms with E-state index in [1.54, 1.807) is 42.5 Å². The van der Waals surface area contributed by atoms with Crippen molar-refractivity contribution in [3.05, 3.63) is 241 Å². The van der Waals surface area contributed by atoms with Crippen LogP contribution in [0.2, 0.25) is 40.2 Å². The molecule has 8 aromatic rings. The van der Waals surface area contributed by atoms with E-state index in [0.29, 0.717) is 34.2 Å². The van der Waals surface area contributed by atoms with Crippen LogP contribution in [0.5, 0.6) is 0 Å². The first-order valence-electron chi connectivity index (χ1n) is 32.7. The molecule has 15 rings (SSSR count). The number of amides is 4. The van der Waals surface area contributed by atoms with Gasteiger partial charge in [0.2, 0.25) is 0 Å². The highest BCUT2D eigenvalue weighted by Gasteiger charge is 2.53. The minimum atomic E-state index is -2.17. The zero-order valence-corrected chi connectivity index (χ0v) is 60.8. The predicted molar refractivity (Wildman–Crippen MR) is 397 cm³/mol. The molecule has 0 aromatic heterocycles. The number of carbonyl (C=O) groups excluding carboxylic acids is 8. The highest BCUT2D eigenvalue weighted by atomic mass is 35.5. The number of anilines is 6. The van der Waals surface area contributed by atoms with E-state index in [0.717, 1.165) is 56.3 Å². The average molecular weight is 1550 g/mol. The van der Waals surface area contributed by atoms with E-state index in [2.05, 4.69) is 40.0 Å². The van der Waals surface area contributed by atoms with E-state index in [9.17, 15) is 63.2 Å². The van der Waals surface area contributed by atoms with Crippen LogP contribution in [0.4, 0.5) is 38.5 Å². The lowest BCUT2D eigenvalue weighted by Gasteiger charge is -2.22. The van der Waals surface area contributed by atoms with Crippen molar-refractivity contribution in [1.82, 2.24) is 0 Å². The predicted octanol–water partition coefficient (Wildman–Crippen LogP) is 16.2. The molecule has 8 N–H and O–H groups in total. The summed E-state index contributed by atoms with van der Waals surface area (Å²) in [6, 6.07) is 37.9. The molecule has 0 unspecified atom stereocenters. The number of hydrogen-bond acceptors (Lipinski definition) is 14. The average Bonchev–Trinajstić information content (AvgIpc) is 1.62. The van der Waals surface area contributed by atoms with Crippen molar-refractivity contribution in [1.29, 1.82) is 0 Å². The topological polar surface area (TPSA) is 272 Å². The zero-order valence-electron chi connectivity index (χ0n) is 54.8. The molecule has 18 nitrogen and oxygen atoms in total. The van der Waals surface area contributed by atoms with E-state index in [1.807, 2.05) is 41.3 Å². The van der Waals surface area contributed by atoms with Gasteiger partial charge in [0.05, 0.1) is 74.2 Å². The molecule has 6 heterocycles. The van der Waals surface area contributed by atoms with E-state index >= 15 is 0 Å². The number of fused-ring (bicyclic) bond motifs is 4. The number of halogens is 9. The third-order valence-corrected chi connectivity index (χ3v) is 21.6. The Bertz CT molecular complexity index is 4500. The molecular formula is C76H63Cl8FN6O12. The van der Waals surface area contributed by atoms with Gasteiger partial charge >= 0.3 is 0 Å². The van der Waals surface area contributed by atoms with E-state index < -0.39 is 83.3 Å². The summed E-state index contributed by atoms with van der Waals surface area (Å²) in [5.41, 5.74) is -1.56. The van der Waals surface area contributed by atoms with Crippen LogP contribution in [0.3, 0.4) is 0 Å². The van der Waals surface area contributed by atoms with Crippen molar-refractivity contribution in [3.63, 3.8) is 0 Å². The van der Waals surface area contributed by atoms with Gasteiger partial charge in [-0.15, -0.1) is 0 Å². The van der Waals surface area contributed by atoms with Gasteiger partial charge in [0.15, 0.2) is 45.5 Å². The molecule has 0 radical (unpaired) electrons. The van der Waals surface area contributed by atoms with Crippen LogP contribution in [-0.4, -0.2) is 93.4 Å². The molecule has 1 aliphatic carbocycles. The van der Waals surface area contributed by atoms with Crippen LogP contribution in [0.15, 0.2) is 140 Å². The van der Waals surface area contributed by atoms with E-state index in [1.165, 1.54) is 73.0 Å². The first-order valence-corrected chi connectivity index (χ1v) is 35.7. The van der Waals surface area contributed by atoms with Crippen molar-refractivity contribution in [2.45, 2.75) is 99.5 Å². The second-order valence-electron chi connectivity index (χ2n) is 26.3. The Balaban J connectivity index is 0.000000130. The van der Waals surface area contributed by atoms with Gasteiger partial charge in [-0.05, 0) is 140 Å². The van der Waals surface area contributed by atoms with Gasteiger partial charge in [0.1, 0.15) is 5.82 Å². The van der Waals surface area contributed by atoms with Gasteiger partial charge in [-0.2, -0.15) is 0 Å². The summed E-state index contributed by atoms with van der Waals surface area (Å²) in [4.78, 5) is 104. The molecule has 0 bridgehead atoms. The summed E-state index contributed by atoms with van der Waals surface area (Å²) in [7, 11) is 0. The normalized spacial score (nSPS) is 20.7. The molecule has 532 valence electrons. The fourth-order valence-corrected chi connectivity index (χ4v) is 15.2. The van der Waals surface area contributed by atoms with Gasteiger partial charge in [0, 0.05) is 96.5 Å². The van der Waals surface area contributed by atoms with Crippen LogP contribution in [0.25, 0.3) is 0 Å². The summed E-state index contributed by atoms with van der Waals surface area (Å²) in [6.07, 6.45) is 2.59. The minimum absolute atomic E-state index is 0.0641. The summed E-state index contributed by atoms with van der Waals surface area (Å²) in [5, 5.41) is 55.4. The maximum absolute atomic E-state index is 14.5. The number of nitrogens with one attached hydrogen (secondary N) is 4. The second kappa shape index (κ2) is 29.5. The highest BCUT2D eigenvalue weighted by Crippen LogP contribution is 2.51. The summed E-state index contributed by atoms with van der Waals surface area (Å²) in [5.74, 6) is -4.05. The SMILES string of the molecule is CC(C)c1ccc(C(=O)C[C@@]2(O)C(=O)Nc3c(Cl)ccc(Cl)c32)cc1.O=C(C[C@@]1(O)C(=O)Nc2c(Cl)ccc(Cl)c21)c1ccc(C2CC2)cc1.O=C(C[C@]1(O)C(=O)Nc2c(Cl)ccc(Cl)c21)c1ccc(N2CC2)cc1.O=C(C[C@]1(O)C(=O)Nc2c(Cl)ccc(Cl)c21)c1ccc(N2CCCC2)c(F)c1. The van der Waals surface area contributed by atoms with Gasteiger partial charge < -0.3 is 51.5 Å². The Labute approximate surface area is 630 Å². The third kappa shape index (κ3) is 14.8. The standard InChI is InChI=1S/C20H17Cl2FN2O3.C19H15Cl2NO3.C19H17Cl2NO3.C18H14Cl2N2O3/c21-12-4-5-13(22)18-17(12)20(28,19(27)24-18)10-16(26)11-3-6-15(14(23)9-11)25-7-1-2-8-25;20-13-7-8-14(21)17-16(13)19(25,18(24)22-17)9-15(23)12-5-3-11(4-6-12)10-1-2-10;1-10(2)11-3-5-12(6-4-11)15(23)9-19(25)16-13(20)7-8-14(21)17(16)22-18(19)24;19-12-5-6-13(20)16-15(12)18(25,17(24)21-16)9-14(23)10-1-3-11(4-2-10)22-7-8-22/h3-6,9,28H,1-2,7-8,10H2,(H,24,27);3-8,10,25H,1-2,9H2,(H,22,24);3-8,10,25H,9H2,1-2H3,(H,22,24);1-6,25H,7-9H2,(H,21,24)/t20-;2*19-;18-/m1001/s1. The molecule has 1 saturated carbocycles. The number of ketones is 4. The first kappa shape index (κ1) is 74.7. The molecule has 4 atom stereocenters. The Morgan fingerprint density at radius 2 is 0.718 bits per heavy atom. The van der Waals surface area contributed by atoms with Crippen molar-refractivity contribution in [2.24, 2.45) is 0 Å². The molecule has 0 spiro atoms. The van der Waals surface area contributed by atoms with Crippen molar-refractivity contribution in [3.8, 4) is 0 Å². The third-order valence-electron chi connectivity index (χ3n) is 19.1. The fraction of sp³-hybridized carbons (Fsp3) is 0.263. The maximum Gasteiger partial charge on any atom is 0.261 e. The molecule has 2 saturated heterocycles. The molecule has 3 fully saturated rings. The Morgan fingerprint density at radius 3 is 1.03 bits per heavy atom. The van der Waals surface area contributed by atoms with Crippen molar-refractivity contribution in [2.75, 3.05) is 57.2 Å². The van der Waals surface area contributed by atoms with Crippen LogP contribution in [-0.2, 0) is 41.6 Å². The number of nitrogens with zero attached hydrogens (tertiary/aromatic N) is 2. The summed E-state index contributed by atoms with van der Waals surface area (Å²) in [6.45, 7) is 7.71. The van der Waals surface area contributed by atoms with Crippen LogP contribution < -0.4 is 31.1 Å². The van der Waals surface area contributed by atoms with E-state index in [4.69, 9.17) is 92.8 Å². The van der Waals surface area contributed by atoms with E-state index in [-0.39, 0.29) is 108 Å². The Morgan fingerprint density at radius 1 is 0.417 bits per heavy atom. The van der Waals surface area contributed by atoms with Crippen molar-refractivity contribution < 1.29 is 63.2 Å². The minimum Gasteiger partial charge on any atom is -0.375 e. The van der Waals surface area contributed by atoms with Crippen LogP contribution >= 0.6 is 92.8 Å². The van der Waals surface area contributed by atoms with Crippen LogP contribution in [0.1, 0.15) is 152 Å². The summed E-state index contributed by atoms with van der Waals surface area (Å²) >= 11 is 48.9. The number of aliphatic hydroxyl groups is 4. The monoisotopic (exact) mass is 1550 g/mol. The number of benzene rings is 8. The summed E-state index contributed by atoms with van der Waals surface area (Å²) < 4.78 is 14.5. The Kier molecular flexibility index (Phi) is 21.4. The largest absolute Gasteiger partial charge is 0.375 e. The highest BCUT2D eigenvalue weighted by molar-refractivity contribution is 6.41. The van der Waals surface area contributed by atoms with Gasteiger partial charge in [-0.1, -0.05) is 155 Å². The first-order chi connectivity index (χ1) is 48.8. The molecule has 8 aromatic carbocycles. The second-order valence-corrected chi connectivity index (χ2v) is 29.6. The van der Waals surface area contributed by atoms with Crippen LogP contribution in [0, 0.1) is 5.82 Å². The van der Waals surface area contributed by atoms with Gasteiger partial charge in [0.25, 0.3) is 23.6 Å². The smallest absolute Gasteiger partial charge is 0.261 e. The van der Waals surface area contributed by atoms with Gasteiger partial charge in [-0.3, -0.25) is 38.4 Å². The lowest BCUT2D eigenvalue weighted by atomic mass is 9.87. The number of rotatable bonds is 16. The maximum atomic E-state index is 14.5. The molecular weight excluding hydrogens is 1490 g/mol. The van der Waals surface area contributed by atoms with Crippen molar-refractivity contribution >= 4 is 174 Å².